The fraction of sp³-hybridized carbons (Fsp3) is 0.312. The second kappa shape index (κ2) is 17.5. The summed E-state index contributed by atoms with van der Waals surface area (Å²) >= 11 is 0. The van der Waals surface area contributed by atoms with Crippen molar-refractivity contribution in [3.63, 3.8) is 0 Å². The molecule has 4 atom stereocenters. The van der Waals surface area contributed by atoms with Gasteiger partial charge in [-0.15, -0.1) is 0 Å². The average Bonchev–Trinajstić information content (AvgIpc) is 4.11. The number of carbonyl (C=O) groups is 3. The third-order valence-corrected chi connectivity index (χ3v) is 11.9. The largest absolute Gasteiger partial charge is 0.453 e. The van der Waals surface area contributed by atoms with Crippen LogP contribution in [0.25, 0.3) is 28.0 Å². The Balaban J connectivity index is 0.865. The summed E-state index contributed by atoms with van der Waals surface area (Å²) < 4.78 is 4.85. The lowest BCUT2D eigenvalue weighted by Crippen LogP contribution is -2.42. The number of amides is 3. The Morgan fingerprint density at radius 2 is 1.31 bits per heavy atom. The SMILES string of the molecule is COC(=O)N[C@@H](CC(=O)N1CCC[C@H]1C1=NC=C(c2ccc(-c3ccc(-c4cnc([C@@H]5CCCN5C(=O)C[C@H](C)c5ccccc5)[nH]4)cc3)cc2)C1)c1ccccc1. The first-order valence-electron chi connectivity index (χ1n) is 20.4. The monoisotopic (exact) mass is 774 g/mol. The molecule has 3 amide bonds. The Morgan fingerprint density at radius 1 is 0.741 bits per heavy atom. The number of carbonyl (C=O) groups excluding carboxylic acids is 3. The van der Waals surface area contributed by atoms with Crippen LogP contribution >= 0.6 is 0 Å². The molecule has 4 heterocycles. The number of H-pyrrole nitrogens is 1. The molecule has 5 aromatic rings. The maximum absolute atomic E-state index is 13.7. The summed E-state index contributed by atoms with van der Waals surface area (Å²) in [5.74, 6) is 1.18. The van der Waals surface area contributed by atoms with Gasteiger partial charge in [0.05, 0.1) is 43.5 Å². The summed E-state index contributed by atoms with van der Waals surface area (Å²) in [6.07, 6.45) is 8.24. The predicted molar refractivity (Wildman–Crippen MR) is 227 cm³/mol. The number of alkyl carbamates (subject to hydrolysis) is 1. The molecule has 10 nitrogen and oxygen atoms in total. The van der Waals surface area contributed by atoms with Crippen molar-refractivity contribution in [1.29, 1.82) is 0 Å². The van der Waals surface area contributed by atoms with Crippen LogP contribution in [-0.2, 0) is 14.3 Å². The molecule has 8 rings (SSSR count). The van der Waals surface area contributed by atoms with Crippen LogP contribution in [-0.4, -0.2) is 69.6 Å². The summed E-state index contributed by atoms with van der Waals surface area (Å²) in [5, 5.41) is 2.84. The number of hydrogen-bond acceptors (Lipinski definition) is 6. The van der Waals surface area contributed by atoms with E-state index in [-0.39, 0.29) is 36.2 Å². The van der Waals surface area contributed by atoms with Crippen LogP contribution in [0.3, 0.4) is 0 Å². The number of rotatable bonds is 12. The summed E-state index contributed by atoms with van der Waals surface area (Å²) in [4.78, 5) is 56.3. The van der Waals surface area contributed by atoms with Crippen molar-refractivity contribution in [3.05, 3.63) is 144 Å². The van der Waals surface area contributed by atoms with Gasteiger partial charge in [-0.05, 0) is 70.6 Å². The lowest BCUT2D eigenvalue weighted by atomic mass is 9.96. The van der Waals surface area contributed by atoms with Crippen molar-refractivity contribution in [1.82, 2.24) is 25.1 Å². The van der Waals surface area contributed by atoms with Gasteiger partial charge in [0.15, 0.2) is 0 Å². The Kier molecular flexibility index (Phi) is 11.6. The number of imidazole rings is 1. The highest BCUT2D eigenvalue weighted by Gasteiger charge is 2.36. The zero-order valence-electron chi connectivity index (χ0n) is 33.1. The van der Waals surface area contributed by atoms with E-state index in [1.807, 2.05) is 70.7 Å². The summed E-state index contributed by atoms with van der Waals surface area (Å²) in [7, 11) is 1.33. The molecule has 4 aromatic carbocycles. The molecule has 0 saturated carbocycles. The zero-order chi connectivity index (χ0) is 40.0. The number of likely N-dealkylation sites (tertiary alicyclic amines) is 2. The first-order valence-corrected chi connectivity index (χ1v) is 20.4. The van der Waals surface area contributed by atoms with E-state index in [4.69, 9.17) is 14.7 Å². The number of ether oxygens (including phenoxy) is 1. The minimum atomic E-state index is -0.563. The number of nitrogens with zero attached hydrogens (tertiary/aromatic N) is 4. The molecule has 3 aliphatic heterocycles. The third kappa shape index (κ3) is 8.51. The summed E-state index contributed by atoms with van der Waals surface area (Å²) in [6.45, 7) is 3.55. The number of hydrogen-bond donors (Lipinski definition) is 2. The normalized spacial score (nSPS) is 18.7. The zero-order valence-corrected chi connectivity index (χ0v) is 33.1. The van der Waals surface area contributed by atoms with E-state index in [1.54, 1.807) is 0 Å². The number of benzene rings is 4. The van der Waals surface area contributed by atoms with Gasteiger partial charge in [-0.2, -0.15) is 0 Å². The van der Waals surface area contributed by atoms with E-state index in [2.05, 4.69) is 77.9 Å². The van der Waals surface area contributed by atoms with Gasteiger partial charge < -0.3 is 24.8 Å². The molecule has 2 N–H and O–H groups in total. The molecule has 0 spiro atoms. The summed E-state index contributed by atoms with van der Waals surface area (Å²) in [6, 6.07) is 36.2. The van der Waals surface area contributed by atoms with Crippen LogP contribution in [0.5, 0.6) is 0 Å². The highest BCUT2D eigenvalue weighted by molar-refractivity contribution is 6.03. The van der Waals surface area contributed by atoms with E-state index in [0.29, 0.717) is 19.4 Å². The lowest BCUT2D eigenvalue weighted by molar-refractivity contribution is -0.133. The van der Waals surface area contributed by atoms with Crippen LogP contribution < -0.4 is 5.32 Å². The molecular weight excluding hydrogens is 725 g/mol. The second-order valence-corrected chi connectivity index (χ2v) is 15.6. The molecule has 0 bridgehead atoms. The van der Waals surface area contributed by atoms with Crippen LogP contribution in [0.15, 0.2) is 127 Å². The van der Waals surface area contributed by atoms with Gasteiger partial charge >= 0.3 is 6.09 Å². The Morgan fingerprint density at radius 3 is 1.97 bits per heavy atom. The maximum atomic E-state index is 13.7. The van der Waals surface area contributed by atoms with Gasteiger partial charge in [0.25, 0.3) is 0 Å². The minimum absolute atomic E-state index is 0.0101. The molecule has 2 saturated heterocycles. The molecule has 0 radical (unpaired) electrons. The summed E-state index contributed by atoms with van der Waals surface area (Å²) in [5.41, 5.74) is 9.51. The van der Waals surface area contributed by atoms with Gasteiger partial charge in [-0.25, -0.2) is 9.78 Å². The third-order valence-electron chi connectivity index (χ3n) is 11.9. The van der Waals surface area contributed by atoms with Crippen LogP contribution in [0.2, 0.25) is 0 Å². The quantitative estimate of drug-likeness (QED) is 0.131. The number of allylic oxidation sites excluding steroid dienone is 1. The van der Waals surface area contributed by atoms with Gasteiger partial charge in [0.2, 0.25) is 11.8 Å². The standard InChI is InChI=1S/C48H50N6O4/c1-32(33-11-5-3-6-12-33)27-45(55)54-26-10-16-44(54)47-50-31-42(51-47)38-23-21-35(22-24-38)34-17-19-36(20-18-34)39-28-41(49-30-39)43-15-9-25-53(43)46(56)29-40(52-48(57)58-2)37-13-7-4-8-14-37/h3-8,11-14,17-24,30-32,40,43-44H,9-10,15-16,25-29H2,1-2H3,(H,50,51)(H,52,57)/t32-,40-,43-,44-/m0/s1. The molecule has 2 fully saturated rings. The van der Waals surface area contributed by atoms with Crippen LogP contribution in [0, 0.1) is 0 Å². The Labute approximate surface area is 340 Å². The number of methoxy groups -OCH3 is 1. The van der Waals surface area contributed by atoms with Crippen LogP contribution in [0.1, 0.15) is 92.4 Å². The molecule has 296 valence electrons. The molecular formula is C48H50N6O4. The van der Waals surface area contributed by atoms with Crippen LogP contribution in [0.4, 0.5) is 4.79 Å². The van der Waals surface area contributed by atoms with Gasteiger partial charge in [0.1, 0.15) is 5.82 Å². The Bertz CT molecular complexity index is 2280. The fourth-order valence-corrected chi connectivity index (χ4v) is 8.67. The number of aliphatic imine (C=N–C) groups is 1. The molecule has 3 aliphatic rings. The average molecular weight is 775 g/mol. The number of nitrogens with one attached hydrogen (secondary N) is 2. The second-order valence-electron chi connectivity index (χ2n) is 15.6. The van der Waals surface area contributed by atoms with Crippen molar-refractivity contribution in [2.24, 2.45) is 4.99 Å². The predicted octanol–water partition coefficient (Wildman–Crippen LogP) is 9.27. The first kappa shape index (κ1) is 38.6. The first-order chi connectivity index (χ1) is 28.3. The molecule has 0 unspecified atom stereocenters. The van der Waals surface area contributed by atoms with E-state index < -0.39 is 12.1 Å². The Hall–Kier alpha value is -6.29. The van der Waals surface area contributed by atoms with Crippen molar-refractivity contribution in [2.45, 2.75) is 75.9 Å². The van der Waals surface area contributed by atoms with Crippen molar-refractivity contribution in [3.8, 4) is 22.4 Å². The smallest absolute Gasteiger partial charge is 0.407 e. The topological polar surface area (TPSA) is 120 Å². The molecule has 10 heteroatoms. The van der Waals surface area contributed by atoms with E-state index >= 15 is 0 Å². The minimum Gasteiger partial charge on any atom is -0.453 e. The lowest BCUT2D eigenvalue weighted by Gasteiger charge is -2.27. The van der Waals surface area contributed by atoms with E-state index in [1.165, 1.54) is 12.7 Å². The number of aromatic amines is 1. The van der Waals surface area contributed by atoms with E-state index in [9.17, 15) is 14.4 Å². The molecule has 58 heavy (non-hydrogen) atoms. The van der Waals surface area contributed by atoms with Crippen molar-refractivity contribution >= 4 is 29.2 Å². The van der Waals surface area contributed by atoms with Gasteiger partial charge in [-0.1, -0.05) is 116 Å². The highest BCUT2D eigenvalue weighted by Crippen LogP contribution is 2.35. The fourth-order valence-electron chi connectivity index (χ4n) is 8.67. The van der Waals surface area contributed by atoms with Gasteiger partial charge in [-0.3, -0.25) is 14.6 Å². The van der Waals surface area contributed by atoms with Gasteiger partial charge in [0, 0.05) is 37.8 Å². The van der Waals surface area contributed by atoms with E-state index in [0.717, 1.165) is 82.8 Å². The molecule has 1 aromatic heterocycles. The van der Waals surface area contributed by atoms with Crippen molar-refractivity contribution in [2.75, 3.05) is 20.2 Å². The highest BCUT2D eigenvalue weighted by atomic mass is 16.5. The maximum Gasteiger partial charge on any atom is 0.407 e. The number of aromatic nitrogens is 2. The molecule has 0 aliphatic carbocycles. The van der Waals surface area contributed by atoms with Crippen molar-refractivity contribution < 1.29 is 19.1 Å².